The van der Waals surface area contributed by atoms with Crippen LogP contribution in [0.2, 0.25) is 5.02 Å². The molecule has 0 aromatic heterocycles. The Kier molecular flexibility index (Phi) is 4.22. The first kappa shape index (κ1) is 13.3. The zero-order valence-electron chi connectivity index (χ0n) is 9.16. The molecule has 2 aromatic carbocycles. The number of ether oxygens (including phenoxy) is 1. The number of hydrogen-bond donors (Lipinski definition) is 1. The van der Waals surface area contributed by atoms with Crippen LogP contribution in [0.5, 0.6) is 11.5 Å². The zero-order valence-corrected chi connectivity index (χ0v) is 11.5. The van der Waals surface area contributed by atoms with E-state index in [9.17, 15) is 9.50 Å². The molecule has 0 fully saturated rings. The summed E-state index contributed by atoms with van der Waals surface area (Å²) in [6, 6.07) is 9.32. The van der Waals surface area contributed by atoms with Crippen LogP contribution in [0.4, 0.5) is 4.39 Å². The van der Waals surface area contributed by atoms with E-state index in [0.717, 1.165) is 0 Å². The third kappa shape index (κ3) is 3.02. The van der Waals surface area contributed by atoms with Crippen molar-refractivity contribution in [3.8, 4) is 11.5 Å². The molecule has 0 aliphatic carbocycles. The molecule has 0 spiro atoms. The summed E-state index contributed by atoms with van der Waals surface area (Å²) in [4.78, 5) is 0. The summed E-state index contributed by atoms with van der Waals surface area (Å²) in [5.41, 5.74) is 0.586. The lowest BCUT2D eigenvalue weighted by Gasteiger charge is -2.10. The van der Waals surface area contributed by atoms with Gasteiger partial charge in [-0.25, -0.2) is 4.39 Å². The summed E-state index contributed by atoms with van der Waals surface area (Å²) in [6.45, 7) is -0.175. The Labute approximate surface area is 117 Å². The molecule has 0 aliphatic heterocycles. The van der Waals surface area contributed by atoms with E-state index in [1.165, 1.54) is 6.07 Å². The highest BCUT2D eigenvalue weighted by Gasteiger charge is 2.07. The highest BCUT2D eigenvalue weighted by atomic mass is 79.9. The van der Waals surface area contributed by atoms with Crippen LogP contribution in [0.15, 0.2) is 40.9 Å². The van der Waals surface area contributed by atoms with Gasteiger partial charge in [0.1, 0.15) is 17.3 Å². The lowest BCUT2D eigenvalue weighted by Crippen LogP contribution is -1.92. The maximum atomic E-state index is 13.3. The molecular formula is C13H9BrClFO2. The van der Waals surface area contributed by atoms with E-state index in [0.29, 0.717) is 26.6 Å². The van der Waals surface area contributed by atoms with Crippen LogP contribution in [0, 0.1) is 5.82 Å². The molecule has 2 nitrogen and oxygen atoms in total. The predicted molar refractivity (Wildman–Crippen MR) is 71.5 cm³/mol. The molecule has 1 N–H and O–H groups in total. The minimum absolute atomic E-state index is 0.175. The minimum atomic E-state index is -0.417. The second-order valence-electron chi connectivity index (χ2n) is 3.59. The average molecular weight is 332 g/mol. The second kappa shape index (κ2) is 5.69. The van der Waals surface area contributed by atoms with Crippen LogP contribution in [-0.4, -0.2) is 5.11 Å². The van der Waals surface area contributed by atoms with E-state index in [1.807, 2.05) is 0 Å². The molecule has 94 valence electrons. The first-order chi connectivity index (χ1) is 8.60. The molecule has 0 heterocycles. The van der Waals surface area contributed by atoms with Crippen LogP contribution in [0.3, 0.4) is 0 Å². The number of aliphatic hydroxyl groups excluding tert-OH is 1. The number of halogens is 3. The van der Waals surface area contributed by atoms with Gasteiger partial charge < -0.3 is 9.84 Å². The van der Waals surface area contributed by atoms with Gasteiger partial charge in [0.15, 0.2) is 0 Å². The molecular weight excluding hydrogens is 322 g/mol. The van der Waals surface area contributed by atoms with Gasteiger partial charge in [0, 0.05) is 16.7 Å². The first-order valence-electron chi connectivity index (χ1n) is 5.12. The summed E-state index contributed by atoms with van der Waals surface area (Å²) >= 11 is 8.92. The largest absolute Gasteiger partial charge is 0.457 e. The fraction of sp³-hybridized carbons (Fsp3) is 0.0769. The van der Waals surface area contributed by atoms with Crippen LogP contribution in [0.25, 0.3) is 0 Å². The van der Waals surface area contributed by atoms with E-state index in [4.69, 9.17) is 16.3 Å². The molecule has 0 amide bonds. The lowest BCUT2D eigenvalue weighted by molar-refractivity contribution is 0.276. The topological polar surface area (TPSA) is 29.5 Å². The molecule has 0 bridgehead atoms. The quantitative estimate of drug-likeness (QED) is 0.895. The van der Waals surface area contributed by atoms with E-state index < -0.39 is 5.82 Å². The van der Waals surface area contributed by atoms with Crippen LogP contribution in [-0.2, 0) is 6.61 Å². The van der Waals surface area contributed by atoms with Gasteiger partial charge in [-0.2, -0.15) is 0 Å². The maximum absolute atomic E-state index is 13.3. The van der Waals surface area contributed by atoms with E-state index >= 15 is 0 Å². The fourth-order valence-corrected chi connectivity index (χ4v) is 1.83. The Balaban J connectivity index is 2.33. The van der Waals surface area contributed by atoms with E-state index in [2.05, 4.69) is 15.9 Å². The van der Waals surface area contributed by atoms with Gasteiger partial charge in [0.05, 0.1) is 11.1 Å². The van der Waals surface area contributed by atoms with Crippen molar-refractivity contribution in [2.75, 3.05) is 0 Å². The highest BCUT2D eigenvalue weighted by Crippen LogP contribution is 2.30. The predicted octanol–water partition coefficient (Wildman–Crippen LogP) is 4.53. The Morgan fingerprint density at radius 2 is 2.00 bits per heavy atom. The van der Waals surface area contributed by atoms with Crippen LogP contribution in [0.1, 0.15) is 5.56 Å². The zero-order chi connectivity index (χ0) is 13.1. The molecule has 0 aliphatic rings. The SMILES string of the molecule is OCc1ccc(Cl)cc1Oc1ccc(Br)c(F)c1. The second-order valence-corrected chi connectivity index (χ2v) is 4.88. The normalized spacial score (nSPS) is 10.4. The summed E-state index contributed by atoms with van der Waals surface area (Å²) < 4.78 is 19.2. The van der Waals surface area contributed by atoms with E-state index in [1.54, 1.807) is 30.3 Å². The molecule has 0 atom stereocenters. The third-order valence-electron chi connectivity index (χ3n) is 2.32. The van der Waals surface area contributed by atoms with Crippen molar-refractivity contribution in [3.05, 3.63) is 57.3 Å². The minimum Gasteiger partial charge on any atom is -0.457 e. The molecule has 5 heteroatoms. The number of aliphatic hydroxyl groups is 1. The van der Waals surface area contributed by atoms with Gasteiger partial charge in [-0.1, -0.05) is 17.7 Å². The van der Waals surface area contributed by atoms with E-state index in [-0.39, 0.29) is 6.61 Å². The maximum Gasteiger partial charge on any atom is 0.141 e. The van der Waals surface area contributed by atoms with Gasteiger partial charge >= 0.3 is 0 Å². The van der Waals surface area contributed by atoms with Crippen molar-refractivity contribution in [2.45, 2.75) is 6.61 Å². The van der Waals surface area contributed by atoms with Crippen LogP contribution < -0.4 is 4.74 Å². The Morgan fingerprint density at radius 1 is 1.22 bits per heavy atom. The summed E-state index contributed by atoms with van der Waals surface area (Å²) in [5, 5.41) is 9.67. The van der Waals surface area contributed by atoms with Gasteiger partial charge in [0.2, 0.25) is 0 Å². The molecule has 2 rings (SSSR count). The Bertz CT molecular complexity index is 575. The standard InChI is InChI=1S/C13H9BrClFO2/c14-11-4-3-10(6-12(11)16)18-13-5-9(15)2-1-8(13)7-17/h1-6,17H,7H2. The van der Waals surface area contributed by atoms with Crippen molar-refractivity contribution in [1.82, 2.24) is 0 Å². The number of benzene rings is 2. The van der Waals surface area contributed by atoms with Gasteiger partial charge in [-0.3, -0.25) is 0 Å². The summed E-state index contributed by atoms with van der Waals surface area (Å²) in [7, 11) is 0. The van der Waals surface area contributed by atoms with Gasteiger partial charge in [0.25, 0.3) is 0 Å². The number of rotatable bonds is 3. The third-order valence-corrected chi connectivity index (χ3v) is 3.20. The lowest BCUT2D eigenvalue weighted by atomic mass is 10.2. The average Bonchev–Trinajstić information content (AvgIpc) is 2.34. The van der Waals surface area contributed by atoms with Crippen molar-refractivity contribution < 1.29 is 14.2 Å². The molecule has 2 aromatic rings. The monoisotopic (exact) mass is 330 g/mol. The fourth-order valence-electron chi connectivity index (χ4n) is 1.42. The highest BCUT2D eigenvalue weighted by molar-refractivity contribution is 9.10. The first-order valence-corrected chi connectivity index (χ1v) is 6.29. The van der Waals surface area contributed by atoms with Crippen LogP contribution >= 0.6 is 27.5 Å². The van der Waals surface area contributed by atoms with Crippen molar-refractivity contribution in [1.29, 1.82) is 0 Å². The molecule has 0 radical (unpaired) electrons. The van der Waals surface area contributed by atoms with Crippen molar-refractivity contribution in [3.63, 3.8) is 0 Å². The Morgan fingerprint density at radius 3 is 2.67 bits per heavy atom. The number of hydrogen-bond acceptors (Lipinski definition) is 2. The molecule has 0 saturated carbocycles. The summed E-state index contributed by atoms with van der Waals surface area (Å²) in [6.07, 6.45) is 0. The van der Waals surface area contributed by atoms with Gasteiger partial charge in [-0.15, -0.1) is 0 Å². The smallest absolute Gasteiger partial charge is 0.141 e. The van der Waals surface area contributed by atoms with Gasteiger partial charge in [-0.05, 0) is 40.2 Å². The Hall–Kier alpha value is -1.10. The molecule has 0 saturated heterocycles. The van der Waals surface area contributed by atoms with Crippen molar-refractivity contribution >= 4 is 27.5 Å². The molecule has 18 heavy (non-hydrogen) atoms. The summed E-state index contributed by atoms with van der Waals surface area (Å²) in [5.74, 6) is 0.333. The van der Waals surface area contributed by atoms with Crippen molar-refractivity contribution in [2.24, 2.45) is 0 Å². The molecule has 0 unspecified atom stereocenters.